The number of nitrogens with two attached hydrogens (primary N) is 1. The predicted molar refractivity (Wildman–Crippen MR) is 61.1 cm³/mol. The van der Waals surface area contributed by atoms with Gasteiger partial charge >= 0.3 is 5.97 Å². The van der Waals surface area contributed by atoms with Crippen molar-refractivity contribution < 1.29 is 23.8 Å². The molecular formula is C12H14FNO4. The highest BCUT2D eigenvalue weighted by Gasteiger charge is 2.50. The quantitative estimate of drug-likeness (QED) is 0.819. The van der Waals surface area contributed by atoms with Crippen LogP contribution < -0.4 is 10.5 Å². The van der Waals surface area contributed by atoms with Gasteiger partial charge in [-0.1, -0.05) is 0 Å². The number of hydrogen-bond donors (Lipinski definition) is 2. The summed E-state index contributed by atoms with van der Waals surface area (Å²) in [5, 5.41) is 9.06. The van der Waals surface area contributed by atoms with Crippen LogP contribution in [-0.4, -0.2) is 37.4 Å². The van der Waals surface area contributed by atoms with Crippen molar-refractivity contribution in [3.63, 3.8) is 0 Å². The van der Waals surface area contributed by atoms with Crippen LogP contribution in [0.4, 0.5) is 4.39 Å². The van der Waals surface area contributed by atoms with Gasteiger partial charge in [0.15, 0.2) is 0 Å². The zero-order chi connectivity index (χ0) is 13.3. The Labute approximate surface area is 103 Å². The Morgan fingerprint density at radius 2 is 2.28 bits per heavy atom. The molecule has 1 fully saturated rings. The summed E-state index contributed by atoms with van der Waals surface area (Å²) >= 11 is 0. The van der Waals surface area contributed by atoms with E-state index in [4.69, 9.17) is 20.3 Å². The lowest BCUT2D eigenvalue weighted by atomic mass is 9.72. The molecule has 0 saturated carbocycles. The lowest BCUT2D eigenvalue weighted by Gasteiger charge is -2.44. The molecule has 2 rings (SSSR count). The summed E-state index contributed by atoms with van der Waals surface area (Å²) in [6.07, 6.45) is 0. The number of methoxy groups -OCH3 is 1. The standard InChI is InChI=1S/C12H14FNO4/c1-17-9-3-2-7(13)4-8(9)12(5-18-6-12)10(14)11(15)16/h2-4,10H,5-6,14H2,1H3,(H,15,16). The smallest absolute Gasteiger partial charge is 0.321 e. The molecule has 1 heterocycles. The highest BCUT2D eigenvalue weighted by atomic mass is 19.1. The Kier molecular flexibility index (Phi) is 3.23. The first-order valence-electron chi connectivity index (χ1n) is 5.41. The number of halogens is 1. The summed E-state index contributed by atoms with van der Waals surface area (Å²) in [6.45, 7) is 0.278. The van der Waals surface area contributed by atoms with Crippen molar-refractivity contribution in [1.29, 1.82) is 0 Å². The van der Waals surface area contributed by atoms with E-state index in [2.05, 4.69) is 0 Å². The van der Waals surface area contributed by atoms with Crippen LogP contribution in [0.5, 0.6) is 5.75 Å². The number of benzene rings is 1. The number of carbonyl (C=O) groups is 1. The fourth-order valence-electron chi connectivity index (χ4n) is 2.13. The van der Waals surface area contributed by atoms with E-state index < -0.39 is 23.2 Å². The highest BCUT2D eigenvalue weighted by Crippen LogP contribution is 2.40. The van der Waals surface area contributed by atoms with Gasteiger partial charge in [0, 0.05) is 5.56 Å². The number of ether oxygens (including phenoxy) is 2. The average Bonchev–Trinajstić information content (AvgIpc) is 2.27. The summed E-state index contributed by atoms with van der Waals surface area (Å²) in [6, 6.07) is 2.80. The zero-order valence-corrected chi connectivity index (χ0v) is 9.85. The first-order valence-corrected chi connectivity index (χ1v) is 5.41. The van der Waals surface area contributed by atoms with Crippen LogP contribution in [-0.2, 0) is 14.9 Å². The monoisotopic (exact) mass is 255 g/mol. The van der Waals surface area contributed by atoms with Crippen molar-refractivity contribution in [2.75, 3.05) is 20.3 Å². The van der Waals surface area contributed by atoms with E-state index in [-0.39, 0.29) is 13.2 Å². The fraction of sp³-hybridized carbons (Fsp3) is 0.417. The molecule has 0 radical (unpaired) electrons. The summed E-state index contributed by atoms with van der Waals surface area (Å²) in [5.74, 6) is -1.20. The summed E-state index contributed by atoms with van der Waals surface area (Å²) in [7, 11) is 1.44. The Morgan fingerprint density at radius 1 is 1.61 bits per heavy atom. The Bertz CT molecular complexity index is 473. The number of carboxylic acid groups (broad SMARTS) is 1. The molecule has 1 aliphatic rings. The van der Waals surface area contributed by atoms with Crippen molar-refractivity contribution >= 4 is 5.97 Å². The minimum absolute atomic E-state index is 0.139. The van der Waals surface area contributed by atoms with Gasteiger partial charge in [-0.05, 0) is 18.2 Å². The van der Waals surface area contributed by atoms with E-state index in [1.807, 2.05) is 0 Å². The highest BCUT2D eigenvalue weighted by molar-refractivity contribution is 5.76. The molecule has 98 valence electrons. The topological polar surface area (TPSA) is 81.8 Å². The third-order valence-corrected chi connectivity index (χ3v) is 3.28. The normalized spacial score (nSPS) is 18.8. The van der Waals surface area contributed by atoms with E-state index in [0.717, 1.165) is 0 Å². The molecule has 0 spiro atoms. The second kappa shape index (κ2) is 4.55. The van der Waals surface area contributed by atoms with Crippen LogP contribution in [0.15, 0.2) is 18.2 Å². The molecule has 1 aliphatic heterocycles. The van der Waals surface area contributed by atoms with Gasteiger partial charge in [0.1, 0.15) is 17.6 Å². The minimum atomic E-state index is -1.16. The molecule has 5 nitrogen and oxygen atoms in total. The van der Waals surface area contributed by atoms with Crippen molar-refractivity contribution in [3.8, 4) is 5.75 Å². The van der Waals surface area contributed by atoms with Gasteiger partial charge in [-0.15, -0.1) is 0 Å². The Balaban J connectivity index is 2.50. The summed E-state index contributed by atoms with van der Waals surface area (Å²) in [5.41, 5.74) is 5.21. The third kappa shape index (κ3) is 1.83. The number of aliphatic carboxylic acids is 1. The third-order valence-electron chi connectivity index (χ3n) is 3.28. The summed E-state index contributed by atoms with van der Waals surface area (Å²) < 4.78 is 23.6. The maximum Gasteiger partial charge on any atom is 0.321 e. The molecule has 1 unspecified atom stereocenters. The molecule has 1 atom stereocenters. The molecule has 6 heteroatoms. The van der Waals surface area contributed by atoms with Gasteiger partial charge in [0.2, 0.25) is 0 Å². The molecule has 0 amide bonds. The SMILES string of the molecule is COc1ccc(F)cc1C1(C(N)C(=O)O)COC1. The van der Waals surface area contributed by atoms with Crippen molar-refractivity contribution in [2.24, 2.45) is 5.73 Å². The molecule has 0 aromatic heterocycles. The van der Waals surface area contributed by atoms with Gasteiger partial charge in [0.05, 0.1) is 25.7 Å². The molecule has 3 N–H and O–H groups in total. The lowest BCUT2D eigenvalue weighted by Crippen LogP contribution is -2.62. The van der Waals surface area contributed by atoms with E-state index >= 15 is 0 Å². The van der Waals surface area contributed by atoms with E-state index in [0.29, 0.717) is 11.3 Å². The van der Waals surface area contributed by atoms with E-state index in [1.54, 1.807) is 0 Å². The van der Waals surface area contributed by atoms with Gasteiger partial charge in [-0.25, -0.2) is 4.39 Å². The van der Waals surface area contributed by atoms with Gasteiger partial charge in [-0.2, -0.15) is 0 Å². The average molecular weight is 255 g/mol. The molecular weight excluding hydrogens is 241 g/mol. The number of carboxylic acids is 1. The maximum atomic E-state index is 13.4. The second-order valence-corrected chi connectivity index (χ2v) is 4.31. The second-order valence-electron chi connectivity index (χ2n) is 4.31. The number of hydrogen-bond acceptors (Lipinski definition) is 4. The van der Waals surface area contributed by atoms with Crippen LogP contribution in [0.1, 0.15) is 5.56 Å². The van der Waals surface area contributed by atoms with Crippen LogP contribution in [0.3, 0.4) is 0 Å². The molecule has 0 bridgehead atoms. The minimum Gasteiger partial charge on any atom is -0.496 e. The number of rotatable bonds is 4. The van der Waals surface area contributed by atoms with Crippen molar-refractivity contribution in [2.45, 2.75) is 11.5 Å². The maximum absolute atomic E-state index is 13.4. The zero-order valence-electron chi connectivity index (χ0n) is 9.85. The first-order chi connectivity index (χ1) is 8.51. The van der Waals surface area contributed by atoms with Crippen LogP contribution in [0.2, 0.25) is 0 Å². The van der Waals surface area contributed by atoms with Crippen LogP contribution in [0, 0.1) is 5.82 Å². The molecule has 0 aliphatic carbocycles. The fourth-order valence-corrected chi connectivity index (χ4v) is 2.13. The van der Waals surface area contributed by atoms with Gasteiger partial charge in [0.25, 0.3) is 0 Å². The van der Waals surface area contributed by atoms with Crippen molar-refractivity contribution in [3.05, 3.63) is 29.6 Å². The largest absolute Gasteiger partial charge is 0.496 e. The Morgan fingerprint density at radius 3 is 2.72 bits per heavy atom. The van der Waals surface area contributed by atoms with E-state index in [1.165, 1.54) is 25.3 Å². The van der Waals surface area contributed by atoms with Gasteiger partial charge in [-0.3, -0.25) is 4.79 Å². The first kappa shape index (κ1) is 12.8. The predicted octanol–water partition coefficient (Wildman–Crippen LogP) is 0.514. The summed E-state index contributed by atoms with van der Waals surface area (Å²) in [4.78, 5) is 11.1. The van der Waals surface area contributed by atoms with Crippen molar-refractivity contribution in [1.82, 2.24) is 0 Å². The lowest BCUT2D eigenvalue weighted by molar-refractivity contribution is -0.149. The van der Waals surface area contributed by atoms with Crippen LogP contribution >= 0.6 is 0 Å². The van der Waals surface area contributed by atoms with E-state index in [9.17, 15) is 9.18 Å². The molecule has 18 heavy (non-hydrogen) atoms. The van der Waals surface area contributed by atoms with Gasteiger partial charge < -0.3 is 20.3 Å². The Hall–Kier alpha value is -1.66. The molecule has 1 saturated heterocycles. The van der Waals surface area contributed by atoms with Crippen LogP contribution in [0.25, 0.3) is 0 Å². The molecule has 1 aromatic rings. The molecule has 1 aromatic carbocycles.